The molecule has 1 fully saturated rings. The largest absolute Gasteiger partial charge is 0.304 e. The molecule has 0 aliphatic carbocycles. The van der Waals surface area contributed by atoms with Crippen molar-refractivity contribution < 1.29 is 4.79 Å². The van der Waals surface area contributed by atoms with Crippen molar-refractivity contribution in [2.75, 3.05) is 33.2 Å². The Labute approximate surface area is 121 Å². The lowest BCUT2D eigenvalue weighted by Crippen LogP contribution is -2.52. The highest BCUT2D eigenvalue weighted by Crippen LogP contribution is 2.07. The minimum Gasteiger partial charge on any atom is -0.304 e. The van der Waals surface area contributed by atoms with Crippen molar-refractivity contribution in [1.82, 2.24) is 15.3 Å². The molecule has 0 unspecified atom stereocenters. The van der Waals surface area contributed by atoms with Crippen LogP contribution in [-0.4, -0.2) is 49.0 Å². The average Bonchev–Trinajstić information content (AvgIpc) is 2.44. The normalized spacial score (nSPS) is 17.1. The maximum absolute atomic E-state index is 11.9. The predicted molar refractivity (Wildman–Crippen MR) is 81.3 cm³/mol. The zero-order chi connectivity index (χ0) is 14.4. The molecule has 110 valence electrons. The third-order valence-electron chi connectivity index (χ3n) is 3.78. The Morgan fingerprint density at radius 3 is 2.45 bits per heavy atom. The summed E-state index contributed by atoms with van der Waals surface area (Å²) in [5.41, 5.74) is 5.59. The van der Waals surface area contributed by atoms with Gasteiger partial charge in [0.05, 0.1) is 0 Å². The molecular weight excluding hydrogens is 250 g/mol. The van der Waals surface area contributed by atoms with Gasteiger partial charge in [-0.25, -0.2) is 5.01 Å². The van der Waals surface area contributed by atoms with Gasteiger partial charge in [-0.05, 0) is 32.4 Å². The highest BCUT2D eigenvalue weighted by Gasteiger charge is 2.15. The molecule has 1 heterocycles. The smallest absolute Gasteiger partial charge is 0.234 e. The first kappa shape index (κ1) is 15.0. The van der Waals surface area contributed by atoms with E-state index >= 15 is 0 Å². The molecule has 1 aromatic carbocycles. The minimum atomic E-state index is 0.140. The number of carbonyl (C=O) groups is 1. The minimum absolute atomic E-state index is 0.140. The first-order valence-electron chi connectivity index (χ1n) is 7.42. The van der Waals surface area contributed by atoms with Crippen LogP contribution in [0, 0.1) is 6.92 Å². The second-order valence-corrected chi connectivity index (χ2v) is 5.66. The average molecular weight is 275 g/mol. The van der Waals surface area contributed by atoms with Gasteiger partial charge in [0.2, 0.25) is 5.91 Å². The number of benzene rings is 1. The van der Waals surface area contributed by atoms with Crippen LogP contribution in [0.25, 0.3) is 0 Å². The van der Waals surface area contributed by atoms with E-state index in [0.29, 0.717) is 6.42 Å². The quantitative estimate of drug-likeness (QED) is 0.886. The first-order valence-corrected chi connectivity index (χ1v) is 7.42. The van der Waals surface area contributed by atoms with Gasteiger partial charge >= 0.3 is 0 Å². The SMILES string of the molecule is Cc1ccc(CCCC(=O)NN2CCN(C)CC2)cc1. The van der Waals surface area contributed by atoms with Crippen LogP contribution in [0.15, 0.2) is 24.3 Å². The second kappa shape index (κ2) is 7.41. The van der Waals surface area contributed by atoms with E-state index in [4.69, 9.17) is 0 Å². The van der Waals surface area contributed by atoms with Gasteiger partial charge in [-0.15, -0.1) is 0 Å². The van der Waals surface area contributed by atoms with Crippen molar-refractivity contribution in [2.45, 2.75) is 26.2 Å². The van der Waals surface area contributed by atoms with Gasteiger partial charge in [0, 0.05) is 32.6 Å². The standard InChI is InChI=1S/C16H25N3O/c1-14-6-8-15(9-7-14)4-3-5-16(20)17-19-12-10-18(2)11-13-19/h6-9H,3-5,10-13H2,1-2H3,(H,17,20). The third-order valence-corrected chi connectivity index (χ3v) is 3.78. The van der Waals surface area contributed by atoms with Crippen molar-refractivity contribution in [3.05, 3.63) is 35.4 Å². The maximum Gasteiger partial charge on any atom is 0.234 e. The number of hydrogen-bond acceptors (Lipinski definition) is 3. The Kier molecular flexibility index (Phi) is 5.56. The van der Waals surface area contributed by atoms with Gasteiger partial charge in [-0.2, -0.15) is 0 Å². The number of nitrogens with zero attached hydrogens (tertiary/aromatic N) is 2. The van der Waals surface area contributed by atoms with Crippen molar-refractivity contribution in [1.29, 1.82) is 0 Å². The van der Waals surface area contributed by atoms with Crippen molar-refractivity contribution in [2.24, 2.45) is 0 Å². The molecule has 1 aromatic rings. The molecule has 0 bridgehead atoms. The molecule has 1 aliphatic rings. The number of likely N-dealkylation sites (N-methyl/N-ethyl adjacent to an activating group) is 1. The highest BCUT2D eigenvalue weighted by atomic mass is 16.2. The van der Waals surface area contributed by atoms with Crippen LogP contribution in [0.5, 0.6) is 0 Å². The molecule has 0 aromatic heterocycles. The van der Waals surface area contributed by atoms with E-state index in [1.807, 2.05) is 5.01 Å². The molecule has 1 aliphatic heterocycles. The molecule has 0 spiro atoms. The monoisotopic (exact) mass is 275 g/mol. The Morgan fingerprint density at radius 2 is 1.80 bits per heavy atom. The summed E-state index contributed by atoms with van der Waals surface area (Å²) in [5.74, 6) is 0.140. The fourth-order valence-corrected chi connectivity index (χ4v) is 2.36. The number of hydrazine groups is 1. The van der Waals surface area contributed by atoms with Crippen LogP contribution in [-0.2, 0) is 11.2 Å². The first-order chi connectivity index (χ1) is 9.63. The fourth-order valence-electron chi connectivity index (χ4n) is 2.36. The Bertz CT molecular complexity index is 422. The molecule has 0 atom stereocenters. The summed E-state index contributed by atoms with van der Waals surface area (Å²) >= 11 is 0. The van der Waals surface area contributed by atoms with Crippen molar-refractivity contribution >= 4 is 5.91 Å². The van der Waals surface area contributed by atoms with E-state index < -0.39 is 0 Å². The van der Waals surface area contributed by atoms with Crippen LogP contribution >= 0.6 is 0 Å². The van der Waals surface area contributed by atoms with Crippen LogP contribution < -0.4 is 5.43 Å². The van der Waals surface area contributed by atoms with E-state index in [1.165, 1.54) is 11.1 Å². The molecule has 4 nitrogen and oxygen atoms in total. The van der Waals surface area contributed by atoms with Crippen molar-refractivity contribution in [3.8, 4) is 0 Å². The number of piperazine rings is 1. The zero-order valence-corrected chi connectivity index (χ0v) is 12.6. The number of carbonyl (C=O) groups excluding carboxylic acids is 1. The van der Waals surface area contributed by atoms with E-state index in [9.17, 15) is 4.79 Å². The zero-order valence-electron chi connectivity index (χ0n) is 12.6. The van der Waals surface area contributed by atoms with Crippen LogP contribution in [0.4, 0.5) is 0 Å². The lowest BCUT2D eigenvalue weighted by molar-refractivity contribution is -0.126. The topological polar surface area (TPSA) is 35.6 Å². The molecule has 0 saturated carbocycles. The molecule has 0 radical (unpaired) electrons. The Hall–Kier alpha value is -1.39. The van der Waals surface area contributed by atoms with Gasteiger partial charge in [-0.1, -0.05) is 29.8 Å². The number of nitrogens with one attached hydrogen (secondary N) is 1. The summed E-state index contributed by atoms with van der Waals surface area (Å²) in [6.07, 6.45) is 2.47. The summed E-state index contributed by atoms with van der Waals surface area (Å²) in [7, 11) is 2.11. The summed E-state index contributed by atoms with van der Waals surface area (Å²) in [4.78, 5) is 14.1. The van der Waals surface area contributed by atoms with Crippen LogP contribution in [0.2, 0.25) is 0 Å². The highest BCUT2D eigenvalue weighted by molar-refractivity contribution is 5.75. The fraction of sp³-hybridized carbons (Fsp3) is 0.562. The van der Waals surface area contributed by atoms with E-state index in [2.05, 4.69) is 48.6 Å². The summed E-state index contributed by atoms with van der Waals surface area (Å²) in [6, 6.07) is 8.54. The molecule has 4 heteroatoms. The Balaban J connectivity index is 1.64. The molecule has 1 N–H and O–H groups in total. The van der Waals surface area contributed by atoms with Crippen LogP contribution in [0.1, 0.15) is 24.0 Å². The molecule has 1 amide bonds. The lowest BCUT2D eigenvalue weighted by Gasteiger charge is -2.32. The van der Waals surface area contributed by atoms with E-state index in [1.54, 1.807) is 0 Å². The van der Waals surface area contributed by atoms with Gasteiger partial charge in [-0.3, -0.25) is 10.2 Å². The predicted octanol–water partition coefficient (Wildman–Crippen LogP) is 1.60. The van der Waals surface area contributed by atoms with Crippen LogP contribution in [0.3, 0.4) is 0 Å². The van der Waals surface area contributed by atoms with Gasteiger partial charge in [0.15, 0.2) is 0 Å². The number of hydrogen-bond donors (Lipinski definition) is 1. The second-order valence-electron chi connectivity index (χ2n) is 5.66. The molecule has 1 saturated heterocycles. The number of aryl methyl sites for hydroxylation is 2. The number of rotatable bonds is 5. The lowest BCUT2D eigenvalue weighted by atomic mass is 10.1. The summed E-state index contributed by atoms with van der Waals surface area (Å²) in [6.45, 7) is 5.96. The summed E-state index contributed by atoms with van der Waals surface area (Å²) < 4.78 is 0. The third kappa shape index (κ3) is 4.94. The maximum atomic E-state index is 11.9. The molecule has 2 rings (SSSR count). The van der Waals surface area contributed by atoms with Gasteiger partial charge in [0.1, 0.15) is 0 Å². The summed E-state index contributed by atoms with van der Waals surface area (Å²) in [5, 5.41) is 2.04. The number of amides is 1. The van der Waals surface area contributed by atoms with E-state index in [0.717, 1.165) is 39.0 Å². The molecular formula is C16H25N3O. The Morgan fingerprint density at radius 1 is 1.15 bits per heavy atom. The molecule has 20 heavy (non-hydrogen) atoms. The van der Waals surface area contributed by atoms with Crippen molar-refractivity contribution in [3.63, 3.8) is 0 Å². The van der Waals surface area contributed by atoms with E-state index in [-0.39, 0.29) is 5.91 Å². The van der Waals surface area contributed by atoms with Gasteiger partial charge in [0.25, 0.3) is 0 Å². The van der Waals surface area contributed by atoms with Gasteiger partial charge < -0.3 is 4.90 Å².